The number of aromatic nitrogens is 1. The van der Waals surface area contributed by atoms with E-state index in [0.717, 1.165) is 22.4 Å². The topological polar surface area (TPSA) is 48.4 Å². The van der Waals surface area contributed by atoms with Gasteiger partial charge in [-0.1, -0.05) is 6.08 Å². The summed E-state index contributed by atoms with van der Waals surface area (Å²) in [5.74, 6) is 0.635. The Hall–Kier alpha value is -1.88. The monoisotopic (exact) mass is 303 g/mol. The Morgan fingerprint density at radius 2 is 2.33 bits per heavy atom. The summed E-state index contributed by atoms with van der Waals surface area (Å²) in [4.78, 5) is 15.8. The largest absolute Gasteiger partial charge is 0.488 e. The molecule has 0 saturated heterocycles. The fourth-order valence-corrected chi connectivity index (χ4v) is 3.32. The molecule has 0 unspecified atom stereocenters. The van der Waals surface area contributed by atoms with Crippen LogP contribution in [0.2, 0.25) is 0 Å². The first-order valence-electron chi connectivity index (χ1n) is 6.92. The normalized spacial score (nSPS) is 20.8. The van der Waals surface area contributed by atoms with Gasteiger partial charge >= 0.3 is 5.97 Å². The highest BCUT2D eigenvalue weighted by Crippen LogP contribution is 2.36. The second-order valence-corrected chi connectivity index (χ2v) is 6.10. The molecule has 0 aliphatic heterocycles. The SMILES string of the molecule is C=CCc1cc(O[C@H]2C[C@H](C(=O)OC)C2)c2ncsc2c1. The molecule has 1 heterocycles. The van der Waals surface area contributed by atoms with Crippen molar-refractivity contribution in [1.82, 2.24) is 4.98 Å². The molecule has 1 aliphatic rings. The van der Waals surface area contributed by atoms with E-state index >= 15 is 0 Å². The number of hydrogen-bond acceptors (Lipinski definition) is 5. The van der Waals surface area contributed by atoms with Gasteiger partial charge in [0.2, 0.25) is 0 Å². The predicted octanol–water partition coefficient (Wildman–Crippen LogP) is 3.36. The summed E-state index contributed by atoms with van der Waals surface area (Å²) in [5, 5.41) is 0. The molecule has 4 nitrogen and oxygen atoms in total. The maximum absolute atomic E-state index is 11.4. The molecule has 1 aliphatic carbocycles. The van der Waals surface area contributed by atoms with Crippen molar-refractivity contribution in [3.05, 3.63) is 35.9 Å². The van der Waals surface area contributed by atoms with E-state index in [0.29, 0.717) is 12.8 Å². The lowest BCUT2D eigenvalue weighted by Gasteiger charge is -2.33. The molecule has 3 rings (SSSR count). The number of hydrogen-bond donors (Lipinski definition) is 0. The number of fused-ring (bicyclic) bond motifs is 1. The van der Waals surface area contributed by atoms with Crippen molar-refractivity contribution < 1.29 is 14.3 Å². The van der Waals surface area contributed by atoms with Crippen molar-refractivity contribution >= 4 is 27.5 Å². The van der Waals surface area contributed by atoms with Crippen molar-refractivity contribution in [2.45, 2.75) is 25.4 Å². The van der Waals surface area contributed by atoms with Crippen LogP contribution >= 0.6 is 11.3 Å². The fourth-order valence-electron chi connectivity index (χ4n) is 2.56. The van der Waals surface area contributed by atoms with Crippen molar-refractivity contribution in [3.63, 3.8) is 0 Å². The molecule has 1 aromatic carbocycles. The van der Waals surface area contributed by atoms with Crippen LogP contribution in [0.25, 0.3) is 10.2 Å². The maximum atomic E-state index is 11.4. The third kappa shape index (κ3) is 2.78. The van der Waals surface area contributed by atoms with Gasteiger partial charge in [-0.05, 0) is 37.0 Å². The summed E-state index contributed by atoms with van der Waals surface area (Å²) >= 11 is 1.60. The first-order valence-corrected chi connectivity index (χ1v) is 7.80. The molecule has 0 bridgehead atoms. The molecule has 21 heavy (non-hydrogen) atoms. The highest BCUT2D eigenvalue weighted by atomic mass is 32.1. The van der Waals surface area contributed by atoms with Gasteiger partial charge in [0.05, 0.1) is 23.2 Å². The van der Waals surface area contributed by atoms with Gasteiger partial charge in [-0.15, -0.1) is 17.9 Å². The van der Waals surface area contributed by atoms with Gasteiger partial charge in [0, 0.05) is 0 Å². The summed E-state index contributed by atoms with van der Waals surface area (Å²) in [7, 11) is 1.42. The van der Waals surface area contributed by atoms with Crippen LogP contribution in [0.3, 0.4) is 0 Å². The molecule has 0 spiro atoms. The van der Waals surface area contributed by atoms with Crippen LogP contribution in [0.4, 0.5) is 0 Å². The van der Waals surface area contributed by atoms with Crippen molar-refractivity contribution in [1.29, 1.82) is 0 Å². The zero-order valence-electron chi connectivity index (χ0n) is 11.9. The Balaban J connectivity index is 1.76. The molecule has 110 valence electrons. The Bertz CT molecular complexity index is 673. The first kappa shape index (κ1) is 14.1. The van der Waals surface area contributed by atoms with Gasteiger partial charge in [0.1, 0.15) is 17.4 Å². The Morgan fingerprint density at radius 3 is 3.05 bits per heavy atom. The Kier molecular flexibility index (Phi) is 3.92. The van der Waals surface area contributed by atoms with Gasteiger partial charge in [-0.3, -0.25) is 4.79 Å². The number of ether oxygens (including phenoxy) is 2. The van der Waals surface area contributed by atoms with Gasteiger partial charge in [-0.2, -0.15) is 0 Å². The lowest BCUT2D eigenvalue weighted by molar-refractivity contribution is -0.151. The number of carbonyl (C=O) groups excluding carboxylic acids is 1. The third-order valence-corrected chi connectivity index (χ3v) is 4.54. The molecule has 2 aromatic rings. The first-order chi connectivity index (χ1) is 10.2. The van der Waals surface area contributed by atoms with E-state index in [2.05, 4.69) is 17.6 Å². The fraction of sp³-hybridized carbons (Fsp3) is 0.375. The molecule has 5 heteroatoms. The molecule has 0 N–H and O–H groups in total. The summed E-state index contributed by atoms with van der Waals surface area (Å²) < 4.78 is 11.9. The minimum Gasteiger partial charge on any atom is -0.488 e. The van der Waals surface area contributed by atoms with Crippen LogP contribution in [0.5, 0.6) is 5.75 Å². The number of allylic oxidation sites excluding steroid dienone is 1. The van der Waals surface area contributed by atoms with Gasteiger partial charge in [0.25, 0.3) is 0 Å². The molecule has 0 atom stereocenters. The second-order valence-electron chi connectivity index (χ2n) is 5.22. The smallest absolute Gasteiger partial charge is 0.308 e. The number of esters is 1. The van der Waals surface area contributed by atoms with Crippen LogP contribution in [0.1, 0.15) is 18.4 Å². The quantitative estimate of drug-likeness (QED) is 0.628. The summed E-state index contributed by atoms with van der Waals surface area (Å²) in [6, 6.07) is 4.15. The maximum Gasteiger partial charge on any atom is 0.308 e. The van der Waals surface area contributed by atoms with Crippen LogP contribution in [0, 0.1) is 5.92 Å². The number of thiazole rings is 1. The van der Waals surface area contributed by atoms with Gasteiger partial charge in [-0.25, -0.2) is 4.98 Å². The van der Waals surface area contributed by atoms with Crippen molar-refractivity contribution in [3.8, 4) is 5.75 Å². The molecule has 0 radical (unpaired) electrons. The second kappa shape index (κ2) is 5.85. The van der Waals surface area contributed by atoms with Crippen LogP contribution in [0.15, 0.2) is 30.3 Å². The highest BCUT2D eigenvalue weighted by molar-refractivity contribution is 7.16. The van der Waals surface area contributed by atoms with E-state index in [9.17, 15) is 4.79 Å². The molecule has 1 fully saturated rings. The van der Waals surface area contributed by atoms with Crippen LogP contribution in [-0.4, -0.2) is 24.2 Å². The zero-order chi connectivity index (χ0) is 14.8. The summed E-state index contributed by atoms with van der Waals surface area (Å²) in [5.41, 5.74) is 3.89. The average Bonchev–Trinajstić information content (AvgIpc) is 2.90. The number of rotatable bonds is 5. The van der Waals surface area contributed by atoms with Crippen LogP contribution in [-0.2, 0) is 16.0 Å². The number of methoxy groups -OCH3 is 1. The van der Waals surface area contributed by atoms with E-state index in [1.54, 1.807) is 11.3 Å². The number of carbonyl (C=O) groups is 1. The zero-order valence-corrected chi connectivity index (χ0v) is 12.7. The van der Waals surface area contributed by atoms with Crippen LogP contribution < -0.4 is 4.74 Å². The van der Waals surface area contributed by atoms with Gasteiger partial charge in [0.15, 0.2) is 0 Å². The number of nitrogens with zero attached hydrogens (tertiary/aromatic N) is 1. The minimum atomic E-state index is -0.144. The predicted molar refractivity (Wildman–Crippen MR) is 82.7 cm³/mol. The van der Waals surface area contributed by atoms with E-state index in [4.69, 9.17) is 9.47 Å². The molecule has 1 aromatic heterocycles. The minimum absolute atomic E-state index is 0.0257. The highest BCUT2D eigenvalue weighted by Gasteiger charge is 2.37. The molecular weight excluding hydrogens is 286 g/mol. The van der Waals surface area contributed by atoms with Crippen molar-refractivity contribution in [2.75, 3.05) is 7.11 Å². The van der Waals surface area contributed by atoms with E-state index in [1.165, 1.54) is 12.7 Å². The summed E-state index contributed by atoms with van der Waals surface area (Å²) in [6.45, 7) is 3.78. The van der Waals surface area contributed by atoms with Gasteiger partial charge < -0.3 is 9.47 Å². The van der Waals surface area contributed by atoms with E-state index < -0.39 is 0 Å². The molecular formula is C16H17NO3S. The summed E-state index contributed by atoms with van der Waals surface area (Å²) in [6.07, 6.45) is 4.17. The van der Waals surface area contributed by atoms with Crippen molar-refractivity contribution in [2.24, 2.45) is 5.92 Å². The third-order valence-electron chi connectivity index (χ3n) is 3.76. The molecule has 0 amide bonds. The molecule has 1 saturated carbocycles. The Morgan fingerprint density at radius 1 is 1.52 bits per heavy atom. The Labute approximate surface area is 127 Å². The standard InChI is InChI=1S/C16H17NO3S/c1-3-4-10-5-13(15-14(6-10)21-9-17-15)20-12-7-11(8-12)16(18)19-2/h3,5-6,9,11-12H,1,4,7-8H2,2H3/t11-,12-. The lowest BCUT2D eigenvalue weighted by Crippen LogP contribution is -2.38. The average molecular weight is 303 g/mol. The lowest BCUT2D eigenvalue weighted by atomic mass is 9.82. The number of benzene rings is 1. The van der Waals surface area contributed by atoms with E-state index in [-0.39, 0.29) is 18.0 Å². The van der Waals surface area contributed by atoms with E-state index in [1.807, 2.05) is 17.7 Å².